The Bertz CT molecular complexity index is 246. The minimum atomic E-state index is -0.0463. The molecule has 9 heavy (non-hydrogen) atoms. The summed E-state index contributed by atoms with van der Waals surface area (Å²) in [5, 5.41) is 6.45. The summed E-state index contributed by atoms with van der Waals surface area (Å²) < 4.78 is 4.42. The van der Waals surface area contributed by atoms with Crippen molar-refractivity contribution >= 4 is 6.01 Å². The Morgan fingerprint density at radius 1 is 1.78 bits per heavy atom. The Morgan fingerprint density at radius 3 is 3.00 bits per heavy atom. The predicted molar refractivity (Wildman–Crippen MR) is 27.8 cm³/mol. The van der Waals surface area contributed by atoms with E-state index in [9.17, 15) is 0 Å². The zero-order chi connectivity index (χ0) is 6.69. The van der Waals surface area contributed by atoms with Gasteiger partial charge in [0, 0.05) is 10.0 Å². The normalized spacial score (nSPS) is 8.56. The molecule has 0 aromatic carbocycles. The van der Waals surface area contributed by atoms with Gasteiger partial charge in [-0.1, -0.05) is 5.16 Å². The molecule has 0 aliphatic carbocycles. The zero-order valence-electron chi connectivity index (χ0n) is 4.64. The maximum Gasteiger partial charge on any atom is 0.314 e. The second kappa shape index (κ2) is 2.15. The summed E-state index contributed by atoms with van der Waals surface area (Å²) in [6, 6.07) is -0.0463. The van der Waals surface area contributed by atoms with Crippen molar-refractivity contribution in [1.82, 2.24) is 10.1 Å². The van der Waals surface area contributed by atoms with E-state index in [4.69, 9.17) is 5.53 Å². The van der Waals surface area contributed by atoms with Crippen LogP contribution in [0.15, 0.2) is 9.64 Å². The standard InChI is InChI=1S/C3H3N5O/c1-2-5-3(6-8-4)9-7-2/h1H3. The molecule has 1 aromatic heterocycles. The van der Waals surface area contributed by atoms with Gasteiger partial charge in [-0.2, -0.15) is 4.98 Å². The molecule has 0 atom stereocenters. The van der Waals surface area contributed by atoms with Crippen molar-refractivity contribution < 1.29 is 4.52 Å². The zero-order valence-corrected chi connectivity index (χ0v) is 4.64. The molecule has 0 radical (unpaired) electrons. The minimum absolute atomic E-state index is 0.0463. The van der Waals surface area contributed by atoms with E-state index in [1.807, 2.05) is 0 Å². The fourth-order valence-electron chi connectivity index (χ4n) is 0.365. The summed E-state index contributed by atoms with van der Waals surface area (Å²) in [7, 11) is 0. The van der Waals surface area contributed by atoms with E-state index in [1.165, 1.54) is 0 Å². The van der Waals surface area contributed by atoms with Gasteiger partial charge >= 0.3 is 6.01 Å². The third-order valence-corrected chi connectivity index (χ3v) is 0.647. The molecule has 0 amide bonds. The van der Waals surface area contributed by atoms with Crippen LogP contribution in [0.2, 0.25) is 0 Å². The molecule has 0 aliphatic heterocycles. The van der Waals surface area contributed by atoms with E-state index in [0.717, 1.165) is 0 Å². The van der Waals surface area contributed by atoms with Crippen LogP contribution in [0.1, 0.15) is 5.82 Å². The molecule has 46 valence electrons. The van der Waals surface area contributed by atoms with Gasteiger partial charge in [0.05, 0.1) is 0 Å². The van der Waals surface area contributed by atoms with Crippen molar-refractivity contribution in [2.24, 2.45) is 5.11 Å². The van der Waals surface area contributed by atoms with Gasteiger partial charge in [-0.05, 0) is 12.5 Å². The SMILES string of the molecule is Cc1noc(N=[N+]=[N-])n1. The Balaban J connectivity index is 2.97. The van der Waals surface area contributed by atoms with Crippen molar-refractivity contribution in [1.29, 1.82) is 0 Å². The molecular formula is C3H3N5O. The third-order valence-electron chi connectivity index (χ3n) is 0.647. The van der Waals surface area contributed by atoms with Crippen molar-refractivity contribution in [2.75, 3.05) is 0 Å². The fourth-order valence-corrected chi connectivity index (χ4v) is 0.365. The van der Waals surface area contributed by atoms with Crippen LogP contribution in [0.25, 0.3) is 10.4 Å². The molecule has 0 fully saturated rings. The summed E-state index contributed by atoms with van der Waals surface area (Å²) in [6.45, 7) is 1.64. The van der Waals surface area contributed by atoms with Crippen LogP contribution in [-0.2, 0) is 0 Å². The topological polar surface area (TPSA) is 87.7 Å². The average Bonchev–Trinajstić information content (AvgIpc) is 2.17. The molecule has 0 saturated carbocycles. The number of nitrogens with zero attached hydrogens (tertiary/aromatic N) is 5. The summed E-state index contributed by atoms with van der Waals surface area (Å²) in [4.78, 5) is 6.05. The maximum atomic E-state index is 7.86. The van der Waals surface area contributed by atoms with E-state index in [0.29, 0.717) is 5.82 Å². The highest BCUT2D eigenvalue weighted by molar-refractivity contribution is 5.05. The van der Waals surface area contributed by atoms with Gasteiger partial charge in [0.25, 0.3) is 0 Å². The van der Waals surface area contributed by atoms with E-state index in [1.54, 1.807) is 6.92 Å². The molecule has 0 spiro atoms. The lowest BCUT2D eigenvalue weighted by Crippen LogP contribution is -1.67. The van der Waals surface area contributed by atoms with Crippen molar-refractivity contribution in [3.05, 3.63) is 16.3 Å². The first-order valence-electron chi connectivity index (χ1n) is 2.18. The Morgan fingerprint density at radius 2 is 2.56 bits per heavy atom. The van der Waals surface area contributed by atoms with Crippen LogP contribution in [0.4, 0.5) is 6.01 Å². The molecule has 0 N–H and O–H groups in total. The number of rotatable bonds is 1. The van der Waals surface area contributed by atoms with Gasteiger partial charge in [0.2, 0.25) is 0 Å². The molecule has 1 rings (SSSR count). The molecule has 0 saturated heterocycles. The first kappa shape index (κ1) is 5.58. The summed E-state index contributed by atoms with van der Waals surface area (Å²) in [6.07, 6.45) is 0. The minimum Gasteiger partial charge on any atom is -0.332 e. The molecule has 0 aliphatic rings. The third kappa shape index (κ3) is 1.17. The van der Waals surface area contributed by atoms with Crippen molar-refractivity contribution in [3.63, 3.8) is 0 Å². The highest BCUT2D eigenvalue weighted by Crippen LogP contribution is 2.05. The molecule has 6 heteroatoms. The first-order chi connectivity index (χ1) is 4.33. The second-order valence-electron chi connectivity index (χ2n) is 1.31. The van der Waals surface area contributed by atoms with Crippen LogP contribution >= 0.6 is 0 Å². The number of aromatic nitrogens is 2. The molecule has 1 heterocycles. The number of aryl methyl sites for hydroxylation is 1. The fraction of sp³-hybridized carbons (Fsp3) is 0.333. The van der Waals surface area contributed by atoms with Gasteiger partial charge in [0.1, 0.15) is 0 Å². The van der Waals surface area contributed by atoms with Gasteiger partial charge in [-0.15, -0.1) is 0 Å². The average molecular weight is 125 g/mol. The van der Waals surface area contributed by atoms with Crippen LogP contribution < -0.4 is 0 Å². The van der Waals surface area contributed by atoms with E-state index in [2.05, 4.69) is 24.7 Å². The highest BCUT2D eigenvalue weighted by Gasteiger charge is 1.95. The lowest BCUT2D eigenvalue weighted by Gasteiger charge is -1.67. The maximum absolute atomic E-state index is 7.86. The number of hydrogen-bond acceptors (Lipinski definition) is 4. The lowest BCUT2D eigenvalue weighted by atomic mass is 10.8. The molecule has 1 aromatic rings. The van der Waals surface area contributed by atoms with Crippen molar-refractivity contribution in [3.8, 4) is 0 Å². The summed E-state index contributed by atoms with van der Waals surface area (Å²) >= 11 is 0. The molecule has 0 bridgehead atoms. The molecule has 6 nitrogen and oxygen atoms in total. The predicted octanol–water partition coefficient (Wildman–Crippen LogP) is 1.32. The van der Waals surface area contributed by atoms with E-state index in [-0.39, 0.29) is 6.01 Å². The smallest absolute Gasteiger partial charge is 0.314 e. The second-order valence-corrected chi connectivity index (χ2v) is 1.31. The van der Waals surface area contributed by atoms with Crippen molar-refractivity contribution in [2.45, 2.75) is 6.92 Å². The molecule has 0 unspecified atom stereocenters. The lowest BCUT2D eigenvalue weighted by molar-refractivity contribution is 0.423. The highest BCUT2D eigenvalue weighted by atomic mass is 16.5. The number of hydrogen-bond donors (Lipinski definition) is 0. The van der Waals surface area contributed by atoms with Gasteiger partial charge in [-0.25, -0.2) is 0 Å². The van der Waals surface area contributed by atoms with E-state index < -0.39 is 0 Å². The Hall–Kier alpha value is -1.55. The first-order valence-corrected chi connectivity index (χ1v) is 2.18. The Labute approximate surface area is 50.1 Å². The van der Waals surface area contributed by atoms with Crippen LogP contribution in [0.5, 0.6) is 0 Å². The van der Waals surface area contributed by atoms with Gasteiger partial charge in [-0.3, -0.25) is 0 Å². The Kier molecular flexibility index (Phi) is 1.33. The molecular weight excluding hydrogens is 122 g/mol. The summed E-state index contributed by atoms with van der Waals surface area (Å²) in [5.74, 6) is 0.456. The van der Waals surface area contributed by atoms with E-state index >= 15 is 0 Å². The summed E-state index contributed by atoms with van der Waals surface area (Å²) in [5.41, 5.74) is 7.86. The largest absolute Gasteiger partial charge is 0.332 e. The quantitative estimate of drug-likeness (QED) is 0.322. The van der Waals surface area contributed by atoms with Crippen LogP contribution in [-0.4, -0.2) is 10.1 Å². The number of azide groups is 1. The van der Waals surface area contributed by atoms with Gasteiger partial charge < -0.3 is 4.52 Å². The monoisotopic (exact) mass is 125 g/mol. The van der Waals surface area contributed by atoms with Crippen LogP contribution in [0.3, 0.4) is 0 Å². The van der Waals surface area contributed by atoms with Crippen LogP contribution in [0, 0.1) is 6.92 Å². The van der Waals surface area contributed by atoms with Gasteiger partial charge in [0.15, 0.2) is 5.82 Å².